The molecule has 0 unspecified atom stereocenters. The number of aromatic nitrogens is 1. The molecular formula is C10H12ClF3N2S. The largest absolute Gasteiger partial charge is 0.417 e. The Hall–Kier alpha value is -0.460. The normalized spacial score (nSPS) is 20.1. The summed E-state index contributed by atoms with van der Waals surface area (Å²) in [5, 5.41) is 4.27. The molecule has 96 valence electrons. The summed E-state index contributed by atoms with van der Waals surface area (Å²) < 4.78 is 36.8. The van der Waals surface area contributed by atoms with Gasteiger partial charge in [-0.3, -0.25) is 0 Å². The summed E-state index contributed by atoms with van der Waals surface area (Å²) in [7, 11) is 0. The molecule has 0 radical (unpaired) electrons. The van der Waals surface area contributed by atoms with Gasteiger partial charge in [0, 0.05) is 18.0 Å². The zero-order valence-corrected chi connectivity index (χ0v) is 10.5. The highest BCUT2D eigenvalue weighted by Gasteiger charge is 2.30. The summed E-state index contributed by atoms with van der Waals surface area (Å²) in [6.07, 6.45) is -2.37. The number of nitrogens with zero attached hydrogens (tertiary/aromatic N) is 1. The smallest absolute Gasteiger partial charge is 0.316 e. The minimum Gasteiger partial charge on any atom is -0.316 e. The second-order valence-corrected chi connectivity index (χ2v) is 4.94. The van der Waals surface area contributed by atoms with Gasteiger partial charge >= 0.3 is 6.18 Å². The molecule has 1 saturated heterocycles. The Labute approximate surface area is 108 Å². The Kier molecular flexibility index (Phi) is 5.09. The zero-order chi connectivity index (χ0) is 11.6. The van der Waals surface area contributed by atoms with Gasteiger partial charge in [0.25, 0.3) is 0 Å². The number of rotatable bonds is 2. The van der Waals surface area contributed by atoms with Gasteiger partial charge in [-0.2, -0.15) is 13.2 Å². The third-order valence-corrected chi connectivity index (χ3v) is 3.58. The minimum absolute atomic E-state index is 0. The van der Waals surface area contributed by atoms with Crippen LogP contribution in [0.3, 0.4) is 0 Å². The Morgan fingerprint density at radius 1 is 1.35 bits per heavy atom. The van der Waals surface area contributed by atoms with Crippen LogP contribution in [-0.4, -0.2) is 23.3 Å². The van der Waals surface area contributed by atoms with Crippen LogP contribution in [-0.2, 0) is 6.18 Å². The van der Waals surface area contributed by atoms with Crippen molar-refractivity contribution in [3.05, 3.63) is 23.9 Å². The average Bonchev–Trinajstić information content (AvgIpc) is 2.70. The van der Waals surface area contributed by atoms with E-state index in [0.29, 0.717) is 10.3 Å². The van der Waals surface area contributed by atoms with E-state index in [-0.39, 0.29) is 12.4 Å². The molecule has 0 amide bonds. The van der Waals surface area contributed by atoms with E-state index in [2.05, 4.69) is 10.3 Å². The van der Waals surface area contributed by atoms with E-state index in [4.69, 9.17) is 0 Å². The summed E-state index contributed by atoms with van der Waals surface area (Å²) in [4.78, 5) is 3.82. The quantitative estimate of drug-likeness (QED) is 0.904. The van der Waals surface area contributed by atoms with Gasteiger partial charge in [-0.25, -0.2) is 4.98 Å². The molecule has 0 bridgehead atoms. The fraction of sp³-hybridized carbons (Fsp3) is 0.500. The first kappa shape index (κ1) is 14.6. The molecule has 0 aromatic carbocycles. The van der Waals surface area contributed by atoms with Gasteiger partial charge in [0.2, 0.25) is 0 Å². The van der Waals surface area contributed by atoms with Gasteiger partial charge < -0.3 is 5.32 Å². The van der Waals surface area contributed by atoms with Gasteiger partial charge in [-0.15, -0.1) is 24.2 Å². The predicted octanol–water partition coefficient (Wildman–Crippen LogP) is 2.98. The number of thioether (sulfide) groups is 1. The number of hydrogen-bond acceptors (Lipinski definition) is 3. The van der Waals surface area contributed by atoms with Gasteiger partial charge in [0.1, 0.15) is 0 Å². The van der Waals surface area contributed by atoms with E-state index >= 15 is 0 Å². The first-order chi connectivity index (χ1) is 7.55. The standard InChI is InChI=1S/C10H11F3N2S.ClH/c11-10(12,13)7-1-2-9(15-5-7)16-8-3-4-14-6-8;/h1-2,5,8,14H,3-4,6H2;1H/t8-;/m0./s1. The summed E-state index contributed by atoms with van der Waals surface area (Å²) in [6.45, 7) is 1.87. The van der Waals surface area contributed by atoms with Crippen molar-refractivity contribution in [3.63, 3.8) is 0 Å². The molecule has 7 heteroatoms. The molecule has 0 saturated carbocycles. The Morgan fingerprint density at radius 3 is 2.59 bits per heavy atom. The maximum atomic E-state index is 12.3. The van der Waals surface area contributed by atoms with Crippen LogP contribution in [0, 0.1) is 0 Å². The number of nitrogens with one attached hydrogen (secondary N) is 1. The molecule has 2 heterocycles. The molecule has 1 N–H and O–H groups in total. The summed E-state index contributed by atoms with van der Waals surface area (Å²) in [5.41, 5.74) is -0.693. The van der Waals surface area contributed by atoms with Crippen molar-refractivity contribution in [2.45, 2.75) is 22.9 Å². The molecule has 2 nitrogen and oxygen atoms in total. The molecule has 1 atom stereocenters. The van der Waals surface area contributed by atoms with Crippen molar-refractivity contribution < 1.29 is 13.2 Å². The molecular weight excluding hydrogens is 273 g/mol. The van der Waals surface area contributed by atoms with Crippen LogP contribution in [0.15, 0.2) is 23.4 Å². The Balaban J connectivity index is 0.00000144. The van der Waals surface area contributed by atoms with Crippen LogP contribution in [0.2, 0.25) is 0 Å². The van der Waals surface area contributed by atoms with E-state index < -0.39 is 11.7 Å². The lowest BCUT2D eigenvalue weighted by Crippen LogP contribution is -2.10. The van der Waals surface area contributed by atoms with Crippen LogP contribution < -0.4 is 5.32 Å². The molecule has 1 aliphatic heterocycles. The lowest BCUT2D eigenvalue weighted by atomic mass is 10.3. The Morgan fingerprint density at radius 2 is 2.12 bits per heavy atom. The van der Waals surface area contributed by atoms with E-state index in [1.54, 1.807) is 0 Å². The fourth-order valence-electron chi connectivity index (χ4n) is 1.52. The number of pyridine rings is 1. The molecule has 0 spiro atoms. The second-order valence-electron chi connectivity index (χ2n) is 3.62. The van der Waals surface area contributed by atoms with Crippen molar-refractivity contribution in [2.75, 3.05) is 13.1 Å². The molecule has 1 aromatic heterocycles. The van der Waals surface area contributed by atoms with Crippen molar-refractivity contribution in [2.24, 2.45) is 0 Å². The maximum Gasteiger partial charge on any atom is 0.417 e. The minimum atomic E-state index is -4.30. The van der Waals surface area contributed by atoms with Crippen molar-refractivity contribution in [1.29, 1.82) is 0 Å². The molecule has 1 aromatic rings. The topological polar surface area (TPSA) is 24.9 Å². The van der Waals surface area contributed by atoms with Crippen LogP contribution in [0.1, 0.15) is 12.0 Å². The molecule has 17 heavy (non-hydrogen) atoms. The van der Waals surface area contributed by atoms with E-state index in [0.717, 1.165) is 31.8 Å². The van der Waals surface area contributed by atoms with Gasteiger partial charge in [-0.05, 0) is 25.1 Å². The highest BCUT2D eigenvalue weighted by atomic mass is 35.5. The number of alkyl halides is 3. The molecule has 1 fully saturated rings. The first-order valence-electron chi connectivity index (χ1n) is 4.96. The summed E-state index contributed by atoms with van der Waals surface area (Å²) in [6, 6.07) is 2.52. The van der Waals surface area contributed by atoms with E-state index in [1.807, 2.05) is 0 Å². The SMILES string of the molecule is Cl.FC(F)(F)c1ccc(S[C@H]2CCNC2)nc1. The zero-order valence-electron chi connectivity index (χ0n) is 8.83. The van der Waals surface area contributed by atoms with Gasteiger partial charge in [0.15, 0.2) is 0 Å². The van der Waals surface area contributed by atoms with Crippen LogP contribution in [0.5, 0.6) is 0 Å². The van der Waals surface area contributed by atoms with Crippen LogP contribution in [0.4, 0.5) is 13.2 Å². The molecule has 0 aliphatic carbocycles. The second kappa shape index (κ2) is 5.93. The number of hydrogen-bond donors (Lipinski definition) is 1. The summed E-state index contributed by atoms with van der Waals surface area (Å²) >= 11 is 1.53. The maximum absolute atomic E-state index is 12.3. The van der Waals surface area contributed by atoms with Crippen molar-refractivity contribution in [3.8, 4) is 0 Å². The average molecular weight is 285 g/mol. The Bertz CT molecular complexity index is 350. The molecule has 2 rings (SSSR count). The van der Waals surface area contributed by atoms with Crippen molar-refractivity contribution >= 4 is 24.2 Å². The van der Waals surface area contributed by atoms with Crippen LogP contribution >= 0.6 is 24.2 Å². The van der Waals surface area contributed by atoms with E-state index in [1.165, 1.54) is 17.8 Å². The number of halogens is 4. The van der Waals surface area contributed by atoms with Crippen molar-refractivity contribution in [1.82, 2.24) is 10.3 Å². The third kappa shape index (κ3) is 4.04. The highest BCUT2D eigenvalue weighted by molar-refractivity contribution is 7.99. The summed E-state index contributed by atoms with van der Waals surface area (Å²) in [5.74, 6) is 0. The van der Waals surface area contributed by atoms with Gasteiger partial charge in [-0.1, -0.05) is 0 Å². The highest BCUT2D eigenvalue weighted by Crippen LogP contribution is 2.31. The molecule has 1 aliphatic rings. The first-order valence-corrected chi connectivity index (χ1v) is 5.84. The van der Waals surface area contributed by atoms with E-state index in [9.17, 15) is 13.2 Å². The van der Waals surface area contributed by atoms with Gasteiger partial charge in [0.05, 0.1) is 10.6 Å². The third-order valence-electron chi connectivity index (χ3n) is 2.37. The fourth-order valence-corrected chi connectivity index (χ4v) is 2.56. The lowest BCUT2D eigenvalue weighted by molar-refractivity contribution is -0.137. The predicted molar refractivity (Wildman–Crippen MR) is 63.6 cm³/mol. The lowest BCUT2D eigenvalue weighted by Gasteiger charge is -2.09. The monoisotopic (exact) mass is 284 g/mol. The van der Waals surface area contributed by atoms with Crippen LogP contribution in [0.25, 0.3) is 0 Å².